The van der Waals surface area contributed by atoms with Crippen LogP contribution >= 0.6 is 23.1 Å². The van der Waals surface area contributed by atoms with Crippen LogP contribution in [0.1, 0.15) is 66.3 Å². The maximum atomic E-state index is 14.4. The van der Waals surface area contributed by atoms with Crippen LogP contribution in [0.2, 0.25) is 0 Å². The number of benzene rings is 2. The number of hydrogen-bond donors (Lipinski definition) is 3. The van der Waals surface area contributed by atoms with Crippen molar-refractivity contribution in [3.8, 4) is 0 Å². The Morgan fingerprint density at radius 1 is 0.885 bits per heavy atom. The summed E-state index contributed by atoms with van der Waals surface area (Å²) < 4.78 is 6.20. The Labute approximate surface area is 311 Å². The first-order valence-electron chi connectivity index (χ1n) is 17.8. The number of nitrogens with one attached hydrogen (secondary N) is 3. The Bertz CT molecular complexity index is 1870. The number of nitrogens with zero attached hydrogens (tertiary/aromatic N) is 4. The Morgan fingerprint density at radius 2 is 1.58 bits per heavy atom. The maximum absolute atomic E-state index is 14.4. The fraction of sp³-hybridized carbons (Fsp3) is 0.447. The van der Waals surface area contributed by atoms with Gasteiger partial charge in [0.1, 0.15) is 34.9 Å². The molecule has 4 aliphatic heterocycles. The van der Waals surface area contributed by atoms with Gasteiger partial charge in [-0.1, -0.05) is 74.5 Å². The van der Waals surface area contributed by atoms with Crippen molar-refractivity contribution >= 4 is 57.7 Å². The highest BCUT2D eigenvalue weighted by molar-refractivity contribution is 8.14. The zero-order chi connectivity index (χ0) is 36.4. The number of thiazole rings is 1. The molecule has 0 saturated carbocycles. The normalized spacial score (nSPS) is 28.2. The Hall–Kier alpha value is -4.56. The summed E-state index contributed by atoms with van der Waals surface area (Å²) in [7, 11) is 0. The SMILES string of the molecule is CC(C)[C@H]1NC(=O)[C@H]2N=C(O[C@@H]2C)[C@@H]2CCCN2C(=O)[C@@H](Cc2ccccc2)NC(=O)c2csc(n2)[C@@H](Cc2ccccc2)NC(=O)C2CSC1=N2. The predicted octanol–water partition coefficient (Wildman–Crippen LogP) is 3.73. The highest BCUT2D eigenvalue weighted by Crippen LogP contribution is 2.29. The van der Waals surface area contributed by atoms with Gasteiger partial charge < -0.3 is 25.6 Å². The van der Waals surface area contributed by atoms with Gasteiger partial charge in [0.05, 0.1) is 17.1 Å². The second kappa shape index (κ2) is 15.6. The topological polar surface area (TPSA) is 154 Å². The minimum atomic E-state index is -0.897. The van der Waals surface area contributed by atoms with Crippen LogP contribution in [0.4, 0.5) is 0 Å². The summed E-state index contributed by atoms with van der Waals surface area (Å²) in [6.45, 7) is 6.28. The van der Waals surface area contributed by atoms with Gasteiger partial charge in [0.15, 0.2) is 6.04 Å². The molecule has 1 aromatic heterocycles. The van der Waals surface area contributed by atoms with Crippen molar-refractivity contribution < 1.29 is 23.9 Å². The summed E-state index contributed by atoms with van der Waals surface area (Å²) in [5.41, 5.74) is 2.06. The molecule has 4 aliphatic rings. The molecule has 4 amide bonds. The number of carbonyl (C=O) groups excluding carboxylic acids is 4. The molecule has 7 rings (SSSR count). The number of amides is 4. The molecule has 52 heavy (non-hydrogen) atoms. The smallest absolute Gasteiger partial charge is 0.271 e. The maximum Gasteiger partial charge on any atom is 0.271 e. The quantitative estimate of drug-likeness (QED) is 0.360. The molecule has 3 aromatic rings. The third kappa shape index (κ3) is 7.77. The third-order valence-corrected chi connectivity index (χ3v) is 11.9. The van der Waals surface area contributed by atoms with E-state index in [1.54, 1.807) is 17.2 Å². The molecule has 0 aliphatic carbocycles. The van der Waals surface area contributed by atoms with E-state index in [0.29, 0.717) is 41.1 Å². The van der Waals surface area contributed by atoms with E-state index in [2.05, 4.69) is 16.0 Å². The first-order valence-corrected chi connectivity index (χ1v) is 19.7. The first kappa shape index (κ1) is 35.8. The number of hydrogen-bond acceptors (Lipinski definition) is 10. The van der Waals surface area contributed by atoms with Gasteiger partial charge in [-0.2, -0.15) is 0 Å². The predicted molar refractivity (Wildman–Crippen MR) is 201 cm³/mol. The Balaban J connectivity index is 1.26. The Kier molecular flexibility index (Phi) is 10.7. The summed E-state index contributed by atoms with van der Waals surface area (Å²) >= 11 is 2.75. The van der Waals surface area contributed by atoms with E-state index < -0.39 is 48.3 Å². The van der Waals surface area contributed by atoms with Crippen LogP contribution in [0.3, 0.4) is 0 Å². The van der Waals surface area contributed by atoms with Gasteiger partial charge in [0.25, 0.3) is 5.91 Å². The van der Waals surface area contributed by atoms with Gasteiger partial charge in [-0.3, -0.25) is 24.2 Å². The summed E-state index contributed by atoms with van der Waals surface area (Å²) in [4.78, 5) is 71.9. The number of aromatic nitrogens is 1. The van der Waals surface area contributed by atoms with Crippen LogP contribution < -0.4 is 16.0 Å². The molecule has 3 N–H and O–H groups in total. The van der Waals surface area contributed by atoms with Gasteiger partial charge in [-0.15, -0.1) is 23.1 Å². The largest absolute Gasteiger partial charge is 0.474 e. The van der Waals surface area contributed by atoms with Gasteiger partial charge in [-0.25, -0.2) is 9.98 Å². The number of thioether (sulfide) groups is 1. The van der Waals surface area contributed by atoms with E-state index in [4.69, 9.17) is 19.7 Å². The van der Waals surface area contributed by atoms with Crippen molar-refractivity contribution in [2.45, 2.75) is 88.8 Å². The number of ether oxygens (including phenoxy) is 1. The van der Waals surface area contributed by atoms with Crippen molar-refractivity contribution in [3.63, 3.8) is 0 Å². The fourth-order valence-corrected chi connectivity index (χ4v) is 9.17. The summed E-state index contributed by atoms with van der Waals surface area (Å²) in [5.74, 6) is -0.510. The highest BCUT2D eigenvalue weighted by atomic mass is 32.2. The number of rotatable bonds is 5. The number of aliphatic imine (C=N–C) groups is 2. The molecule has 7 atom stereocenters. The van der Waals surface area contributed by atoms with E-state index in [0.717, 1.165) is 17.5 Å². The number of carbonyl (C=O) groups is 4. The van der Waals surface area contributed by atoms with Crippen molar-refractivity contribution in [3.05, 3.63) is 87.9 Å². The lowest BCUT2D eigenvalue weighted by molar-refractivity contribution is -0.133. The average Bonchev–Trinajstić information content (AvgIpc) is 3.97. The molecule has 6 bridgehead atoms. The van der Waals surface area contributed by atoms with Crippen LogP contribution in [-0.4, -0.2) is 93.1 Å². The lowest BCUT2D eigenvalue weighted by Gasteiger charge is -2.29. The minimum absolute atomic E-state index is 0.00574. The van der Waals surface area contributed by atoms with Crippen LogP contribution in [0, 0.1) is 5.92 Å². The van der Waals surface area contributed by atoms with Gasteiger partial charge in [0.2, 0.25) is 23.6 Å². The molecule has 0 radical (unpaired) electrons. The highest BCUT2D eigenvalue weighted by Gasteiger charge is 2.44. The molecule has 5 heterocycles. The second-order valence-electron chi connectivity index (χ2n) is 14.0. The molecule has 12 nitrogen and oxygen atoms in total. The van der Waals surface area contributed by atoms with E-state index in [9.17, 15) is 19.2 Å². The van der Waals surface area contributed by atoms with Crippen LogP contribution in [0.25, 0.3) is 0 Å². The summed E-state index contributed by atoms with van der Waals surface area (Å²) in [6.07, 6.45) is 1.53. The van der Waals surface area contributed by atoms with E-state index in [1.165, 1.54) is 23.1 Å². The standard InChI is InChI=1S/C38H43N7O5S2/c1-21(2)30-37-42-28(20-52-37)32(46)39-25(17-23-11-6-4-7-12-23)36-41-27(19-51-36)33(47)40-26(18-24-13-8-5-9-14-24)38(49)45-16-10-15-29(45)35-44-31(22(3)50-35)34(48)43-30/h4-9,11-14,19,21-22,25-26,28-31H,10,15-18,20H2,1-3H3,(H,39,46)(H,40,47)(H,43,48)/t22-,25-,26-,28?,29+,30-,31+/m1/s1. The molecule has 2 aromatic carbocycles. The zero-order valence-electron chi connectivity index (χ0n) is 29.4. The molecule has 0 spiro atoms. The molecule has 1 fully saturated rings. The third-order valence-electron chi connectivity index (χ3n) is 9.85. The molecule has 272 valence electrons. The van der Waals surface area contributed by atoms with Crippen molar-refractivity contribution in [1.82, 2.24) is 25.8 Å². The van der Waals surface area contributed by atoms with Crippen molar-refractivity contribution in [2.24, 2.45) is 15.9 Å². The minimum Gasteiger partial charge on any atom is -0.474 e. The van der Waals surface area contributed by atoms with Gasteiger partial charge >= 0.3 is 0 Å². The monoisotopic (exact) mass is 741 g/mol. The number of fused-ring (bicyclic) bond motifs is 6. The zero-order valence-corrected chi connectivity index (χ0v) is 31.0. The van der Waals surface area contributed by atoms with Crippen LogP contribution in [0.15, 0.2) is 76.0 Å². The molecule has 1 saturated heterocycles. The summed E-state index contributed by atoms with van der Waals surface area (Å²) in [6, 6.07) is 15.6. The summed E-state index contributed by atoms with van der Waals surface area (Å²) in [5, 5.41) is 12.2. The molecule has 1 unspecified atom stereocenters. The van der Waals surface area contributed by atoms with Crippen molar-refractivity contribution in [2.75, 3.05) is 12.3 Å². The molecular weight excluding hydrogens is 699 g/mol. The van der Waals surface area contributed by atoms with Gasteiger partial charge in [0, 0.05) is 24.1 Å². The average molecular weight is 742 g/mol. The Morgan fingerprint density at radius 3 is 2.27 bits per heavy atom. The lowest BCUT2D eigenvalue weighted by Crippen LogP contribution is -2.52. The van der Waals surface area contributed by atoms with E-state index >= 15 is 0 Å². The first-order chi connectivity index (χ1) is 25.1. The second-order valence-corrected chi connectivity index (χ2v) is 15.9. The van der Waals surface area contributed by atoms with Crippen molar-refractivity contribution in [1.29, 1.82) is 0 Å². The van der Waals surface area contributed by atoms with Gasteiger partial charge in [-0.05, 0) is 43.2 Å². The lowest BCUT2D eigenvalue weighted by atomic mass is 10.0. The van der Waals surface area contributed by atoms with E-state index in [1.807, 2.05) is 74.5 Å². The van der Waals surface area contributed by atoms with Crippen LogP contribution in [0.5, 0.6) is 0 Å². The molecular formula is C38H43N7O5S2. The van der Waals surface area contributed by atoms with E-state index in [-0.39, 0.29) is 35.8 Å². The molecule has 14 heteroatoms. The fourth-order valence-electron chi connectivity index (χ4n) is 7.05. The van der Waals surface area contributed by atoms with Crippen LogP contribution in [-0.2, 0) is 32.0 Å².